The molecule has 0 aliphatic carbocycles. The smallest absolute Gasteiger partial charge is 0.330 e. The van der Waals surface area contributed by atoms with Crippen LogP contribution in [0.1, 0.15) is 35.7 Å². The van der Waals surface area contributed by atoms with E-state index in [4.69, 9.17) is 4.74 Å². The van der Waals surface area contributed by atoms with Crippen molar-refractivity contribution in [3.63, 3.8) is 0 Å². The van der Waals surface area contributed by atoms with E-state index in [9.17, 15) is 9.59 Å². The van der Waals surface area contributed by atoms with Crippen molar-refractivity contribution in [2.24, 2.45) is 0 Å². The van der Waals surface area contributed by atoms with E-state index in [1.165, 1.54) is 6.08 Å². The predicted molar refractivity (Wildman–Crippen MR) is 66.7 cm³/mol. The van der Waals surface area contributed by atoms with Gasteiger partial charge in [0.2, 0.25) is 0 Å². The van der Waals surface area contributed by atoms with Crippen LogP contribution in [0.2, 0.25) is 0 Å². The molecule has 17 heavy (non-hydrogen) atoms. The van der Waals surface area contributed by atoms with Crippen molar-refractivity contribution in [1.29, 1.82) is 0 Å². The molecule has 0 N–H and O–H groups in total. The zero-order valence-electron chi connectivity index (χ0n) is 9.89. The van der Waals surface area contributed by atoms with E-state index in [2.05, 4.69) is 0 Å². The van der Waals surface area contributed by atoms with Crippen LogP contribution in [0, 0.1) is 0 Å². The molecule has 1 aromatic carbocycles. The van der Waals surface area contributed by atoms with Gasteiger partial charge in [0.1, 0.15) is 6.29 Å². The van der Waals surface area contributed by atoms with Crippen molar-refractivity contribution in [3.05, 3.63) is 41.5 Å². The van der Waals surface area contributed by atoms with Gasteiger partial charge in [-0.3, -0.25) is 4.79 Å². The van der Waals surface area contributed by atoms with Crippen LogP contribution < -0.4 is 0 Å². The molecular weight excluding hydrogens is 216 g/mol. The average molecular weight is 232 g/mol. The molecule has 90 valence electrons. The number of hydrogen-bond acceptors (Lipinski definition) is 3. The predicted octanol–water partition coefficient (Wildman–Crippen LogP) is 2.86. The van der Waals surface area contributed by atoms with Gasteiger partial charge in [-0.2, -0.15) is 0 Å². The van der Waals surface area contributed by atoms with Gasteiger partial charge >= 0.3 is 5.97 Å². The maximum atomic E-state index is 11.2. The molecule has 3 heteroatoms. The highest BCUT2D eigenvalue weighted by Gasteiger charge is 1.96. The molecule has 1 aromatic rings. The van der Waals surface area contributed by atoms with Gasteiger partial charge in [0, 0.05) is 11.6 Å². The van der Waals surface area contributed by atoms with Crippen molar-refractivity contribution in [2.75, 3.05) is 6.61 Å². The summed E-state index contributed by atoms with van der Waals surface area (Å²) >= 11 is 0. The second kappa shape index (κ2) is 7.39. The van der Waals surface area contributed by atoms with E-state index in [-0.39, 0.29) is 5.97 Å². The SMILES string of the molecule is CCCCOC(=O)C=Cc1ccc(C=O)cc1. The number of benzene rings is 1. The molecule has 0 atom stereocenters. The van der Waals surface area contributed by atoms with Crippen LogP contribution in [0.4, 0.5) is 0 Å². The number of ether oxygens (including phenoxy) is 1. The van der Waals surface area contributed by atoms with Gasteiger partial charge in [0.05, 0.1) is 6.61 Å². The second-order valence-corrected chi connectivity index (χ2v) is 3.64. The molecular formula is C14H16O3. The van der Waals surface area contributed by atoms with E-state index in [0.29, 0.717) is 12.2 Å². The van der Waals surface area contributed by atoms with E-state index < -0.39 is 0 Å². The molecule has 1 rings (SSSR count). The third-order valence-corrected chi connectivity index (χ3v) is 2.23. The van der Waals surface area contributed by atoms with Crippen LogP contribution in [0.3, 0.4) is 0 Å². The highest BCUT2D eigenvalue weighted by atomic mass is 16.5. The van der Waals surface area contributed by atoms with Gasteiger partial charge in [-0.25, -0.2) is 4.79 Å². The van der Waals surface area contributed by atoms with Crippen LogP contribution in [-0.2, 0) is 9.53 Å². The Morgan fingerprint density at radius 2 is 1.88 bits per heavy atom. The van der Waals surface area contributed by atoms with Gasteiger partial charge in [0.15, 0.2) is 0 Å². The minimum atomic E-state index is -0.335. The lowest BCUT2D eigenvalue weighted by Gasteiger charge is -1.99. The first kappa shape index (κ1) is 13.2. The van der Waals surface area contributed by atoms with Gasteiger partial charge in [-0.05, 0) is 18.1 Å². The average Bonchev–Trinajstić information content (AvgIpc) is 2.37. The molecule has 0 saturated heterocycles. The molecule has 0 spiro atoms. The summed E-state index contributed by atoms with van der Waals surface area (Å²) in [5.74, 6) is -0.335. The summed E-state index contributed by atoms with van der Waals surface area (Å²) in [7, 11) is 0. The summed E-state index contributed by atoms with van der Waals surface area (Å²) in [6.07, 6.45) is 5.73. The third-order valence-electron chi connectivity index (χ3n) is 2.23. The minimum absolute atomic E-state index is 0.335. The summed E-state index contributed by atoms with van der Waals surface area (Å²) in [6.45, 7) is 2.50. The largest absolute Gasteiger partial charge is 0.463 e. The fourth-order valence-electron chi connectivity index (χ4n) is 1.22. The molecule has 0 aromatic heterocycles. The highest BCUT2D eigenvalue weighted by molar-refractivity contribution is 5.87. The lowest BCUT2D eigenvalue weighted by atomic mass is 10.1. The number of rotatable bonds is 6. The molecule has 0 aliphatic heterocycles. The van der Waals surface area contributed by atoms with Gasteiger partial charge < -0.3 is 4.74 Å². The van der Waals surface area contributed by atoms with Gasteiger partial charge in [0.25, 0.3) is 0 Å². The fraction of sp³-hybridized carbons (Fsp3) is 0.286. The lowest BCUT2D eigenvalue weighted by molar-refractivity contribution is -0.137. The number of carbonyl (C=O) groups excluding carboxylic acids is 2. The van der Waals surface area contributed by atoms with Crippen LogP contribution in [-0.4, -0.2) is 18.9 Å². The normalized spacial score (nSPS) is 10.4. The Balaban J connectivity index is 2.46. The first-order chi connectivity index (χ1) is 8.26. The van der Waals surface area contributed by atoms with Crippen LogP contribution in [0.25, 0.3) is 6.08 Å². The zero-order chi connectivity index (χ0) is 12.5. The van der Waals surface area contributed by atoms with Gasteiger partial charge in [-0.15, -0.1) is 0 Å². The number of carbonyl (C=O) groups is 2. The first-order valence-electron chi connectivity index (χ1n) is 5.66. The van der Waals surface area contributed by atoms with Crippen LogP contribution in [0.5, 0.6) is 0 Å². The molecule has 0 bridgehead atoms. The van der Waals surface area contributed by atoms with Crippen LogP contribution >= 0.6 is 0 Å². The summed E-state index contributed by atoms with van der Waals surface area (Å²) < 4.78 is 4.97. The van der Waals surface area contributed by atoms with E-state index in [0.717, 1.165) is 24.7 Å². The van der Waals surface area contributed by atoms with Crippen molar-refractivity contribution >= 4 is 18.3 Å². The first-order valence-corrected chi connectivity index (χ1v) is 5.66. The number of aldehydes is 1. The molecule has 0 unspecified atom stereocenters. The van der Waals surface area contributed by atoms with E-state index in [1.54, 1.807) is 30.3 Å². The fourth-order valence-corrected chi connectivity index (χ4v) is 1.22. The third kappa shape index (κ3) is 5.11. The summed E-state index contributed by atoms with van der Waals surface area (Å²) in [6, 6.07) is 6.96. The van der Waals surface area contributed by atoms with E-state index in [1.807, 2.05) is 6.92 Å². The highest BCUT2D eigenvalue weighted by Crippen LogP contribution is 2.04. The molecule has 0 heterocycles. The number of hydrogen-bond donors (Lipinski definition) is 0. The molecule has 0 aliphatic rings. The second-order valence-electron chi connectivity index (χ2n) is 3.64. The summed E-state index contributed by atoms with van der Waals surface area (Å²) in [4.78, 5) is 21.7. The van der Waals surface area contributed by atoms with Crippen LogP contribution in [0.15, 0.2) is 30.3 Å². The minimum Gasteiger partial charge on any atom is -0.463 e. The number of esters is 1. The Bertz CT molecular complexity index is 390. The van der Waals surface area contributed by atoms with Crippen molar-refractivity contribution in [3.8, 4) is 0 Å². The molecule has 0 saturated carbocycles. The van der Waals surface area contributed by atoms with Gasteiger partial charge in [-0.1, -0.05) is 37.6 Å². The number of unbranched alkanes of at least 4 members (excludes halogenated alkanes) is 1. The maximum Gasteiger partial charge on any atom is 0.330 e. The monoisotopic (exact) mass is 232 g/mol. The Hall–Kier alpha value is -1.90. The Labute approximate surface area is 101 Å². The topological polar surface area (TPSA) is 43.4 Å². The maximum absolute atomic E-state index is 11.2. The Morgan fingerprint density at radius 3 is 2.47 bits per heavy atom. The van der Waals surface area contributed by atoms with Crippen molar-refractivity contribution in [1.82, 2.24) is 0 Å². The molecule has 0 amide bonds. The van der Waals surface area contributed by atoms with Crippen molar-refractivity contribution < 1.29 is 14.3 Å². The Morgan fingerprint density at radius 1 is 1.24 bits per heavy atom. The summed E-state index contributed by atoms with van der Waals surface area (Å²) in [5.41, 5.74) is 1.48. The lowest BCUT2D eigenvalue weighted by Crippen LogP contribution is -2.01. The molecule has 0 fully saturated rings. The molecule has 3 nitrogen and oxygen atoms in total. The van der Waals surface area contributed by atoms with Crippen molar-refractivity contribution in [2.45, 2.75) is 19.8 Å². The Kier molecular flexibility index (Phi) is 5.72. The molecule has 0 radical (unpaired) electrons. The zero-order valence-corrected chi connectivity index (χ0v) is 9.89. The standard InChI is InChI=1S/C14H16O3/c1-2-3-10-17-14(16)9-8-12-4-6-13(11-15)7-5-12/h4-9,11H,2-3,10H2,1H3. The van der Waals surface area contributed by atoms with E-state index >= 15 is 0 Å². The quantitative estimate of drug-likeness (QED) is 0.328. The summed E-state index contributed by atoms with van der Waals surface area (Å²) in [5, 5.41) is 0.